The molecule has 1 saturated carbocycles. The number of aromatic nitrogens is 2. The molecule has 1 aromatic carbocycles. The first-order valence-electron chi connectivity index (χ1n) is 7.74. The molecule has 1 aliphatic rings. The van der Waals surface area contributed by atoms with E-state index in [2.05, 4.69) is 10.4 Å². The van der Waals surface area contributed by atoms with E-state index >= 15 is 0 Å². The molecule has 0 aliphatic heterocycles. The number of benzene rings is 1. The highest BCUT2D eigenvalue weighted by Gasteiger charge is 2.23. The second-order valence-corrected chi connectivity index (χ2v) is 5.86. The van der Waals surface area contributed by atoms with Gasteiger partial charge in [0, 0.05) is 18.7 Å². The molecule has 1 aromatic heterocycles. The zero-order valence-corrected chi connectivity index (χ0v) is 13.0. The number of carbonyl (C=O) groups excluding carboxylic acids is 1. The van der Waals surface area contributed by atoms with Crippen molar-refractivity contribution in [1.82, 2.24) is 9.78 Å². The molecule has 1 fully saturated rings. The molecule has 1 heterocycles. The van der Waals surface area contributed by atoms with Crippen molar-refractivity contribution in [2.75, 3.05) is 5.32 Å². The summed E-state index contributed by atoms with van der Waals surface area (Å²) in [7, 11) is 1.84. The Labute approximate surface area is 134 Å². The van der Waals surface area contributed by atoms with Crippen LogP contribution in [0.2, 0.25) is 0 Å². The second kappa shape index (κ2) is 6.24. The average Bonchev–Trinajstić information content (AvgIpc) is 3.16. The van der Waals surface area contributed by atoms with E-state index in [0.717, 1.165) is 18.5 Å². The van der Waals surface area contributed by atoms with Gasteiger partial charge < -0.3 is 10.4 Å². The number of carboxylic acid groups (broad SMARTS) is 1. The summed E-state index contributed by atoms with van der Waals surface area (Å²) in [5.74, 6) is -1.01. The monoisotopic (exact) mass is 313 g/mol. The SMILES string of the molecule is Cn1nc(C(=O)Nc2ccccc2C(=O)O)cc1C1CCCC1. The minimum absolute atomic E-state index is 0.0628. The molecule has 2 aromatic rings. The van der Waals surface area contributed by atoms with Crippen molar-refractivity contribution in [3.63, 3.8) is 0 Å². The third-order valence-corrected chi connectivity index (χ3v) is 4.33. The number of aromatic carboxylic acids is 1. The van der Waals surface area contributed by atoms with Gasteiger partial charge in [-0.1, -0.05) is 25.0 Å². The molecule has 2 N–H and O–H groups in total. The Hall–Kier alpha value is -2.63. The third-order valence-electron chi connectivity index (χ3n) is 4.33. The van der Waals surface area contributed by atoms with Gasteiger partial charge in [0.05, 0.1) is 11.3 Å². The second-order valence-electron chi connectivity index (χ2n) is 5.86. The summed E-state index contributed by atoms with van der Waals surface area (Å²) in [6.07, 6.45) is 4.68. The number of hydrogen-bond acceptors (Lipinski definition) is 3. The number of amides is 1. The van der Waals surface area contributed by atoms with Crippen molar-refractivity contribution in [3.05, 3.63) is 47.3 Å². The Balaban J connectivity index is 1.81. The van der Waals surface area contributed by atoms with E-state index in [1.807, 2.05) is 13.1 Å². The number of carbonyl (C=O) groups is 2. The lowest BCUT2D eigenvalue weighted by molar-refractivity contribution is 0.0698. The molecule has 1 aliphatic carbocycles. The lowest BCUT2D eigenvalue weighted by Gasteiger charge is -2.07. The predicted molar refractivity (Wildman–Crippen MR) is 85.8 cm³/mol. The summed E-state index contributed by atoms with van der Waals surface area (Å²) < 4.78 is 1.76. The molecule has 3 rings (SSSR count). The van der Waals surface area contributed by atoms with Crippen molar-refractivity contribution in [2.45, 2.75) is 31.6 Å². The van der Waals surface area contributed by atoms with Gasteiger partial charge in [0.25, 0.3) is 5.91 Å². The Kier molecular flexibility index (Phi) is 4.14. The number of carboxylic acids is 1. The highest BCUT2D eigenvalue weighted by Crippen LogP contribution is 2.34. The molecule has 0 saturated heterocycles. The van der Waals surface area contributed by atoms with Crippen LogP contribution in [0.5, 0.6) is 0 Å². The Morgan fingerprint density at radius 1 is 1.26 bits per heavy atom. The minimum atomic E-state index is -1.08. The average molecular weight is 313 g/mol. The fourth-order valence-electron chi connectivity index (χ4n) is 3.16. The van der Waals surface area contributed by atoms with E-state index < -0.39 is 11.9 Å². The maximum absolute atomic E-state index is 12.4. The van der Waals surface area contributed by atoms with Gasteiger partial charge in [-0.2, -0.15) is 5.10 Å². The molecule has 0 spiro atoms. The number of aryl methyl sites for hydroxylation is 1. The number of para-hydroxylation sites is 1. The van der Waals surface area contributed by atoms with Crippen LogP contribution >= 0.6 is 0 Å². The highest BCUT2D eigenvalue weighted by molar-refractivity contribution is 6.06. The van der Waals surface area contributed by atoms with E-state index in [1.165, 1.54) is 18.9 Å². The first kappa shape index (κ1) is 15.3. The van der Waals surface area contributed by atoms with Gasteiger partial charge in [0.1, 0.15) is 0 Å². The molecule has 6 nitrogen and oxygen atoms in total. The van der Waals surface area contributed by atoms with E-state index in [9.17, 15) is 9.59 Å². The predicted octanol–water partition coefficient (Wildman–Crippen LogP) is 3.03. The first-order chi connectivity index (χ1) is 11.1. The van der Waals surface area contributed by atoms with Crippen LogP contribution in [-0.4, -0.2) is 26.8 Å². The molecule has 0 unspecified atom stereocenters. The minimum Gasteiger partial charge on any atom is -0.478 e. The van der Waals surface area contributed by atoms with Crippen LogP contribution in [0, 0.1) is 0 Å². The summed E-state index contributed by atoms with van der Waals surface area (Å²) in [6.45, 7) is 0. The maximum atomic E-state index is 12.4. The van der Waals surface area contributed by atoms with Crippen molar-refractivity contribution in [3.8, 4) is 0 Å². The van der Waals surface area contributed by atoms with Gasteiger partial charge in [0.15, 0.2) is 5.69 Å². The Bertz CT molecular complexity index is 745. The zero-order chi connectivity index (χ0) is 16.4. The smallest absolute Gasteiger partial charge is 0.337 e. The largest absolute Gasteiger partial charge is 0.478 e. The summed E-state index contributed by atoms with van der Waals surface area (Å²) in [5, 5.41) is 16.1. The van der Waals surface area contributed by atoms with Gasteiger partial charge >= 0.3 is 5.97 Å². The van der Waals surface area contributed by atoms with Gasteiger partial charge in [-0.3, -0.25) is 9.48 Å². The summed E-state index contributed by atoms with van der Waals surface area (Å²) in [5.41, 5.74) is 1.72. The van der Waals surface area contributed by atoms with E-state index in [4.69, 9.17) is 5.11 Å². The molecule has 0 radical (unpaired) electrons. The summed E-state index contributed by atoms with van der Waals surface area (Å²) >= 11 is 0. The Morgan fingerprint density at radius 3 is 2.65 bits per heavy atom. The van der Waals surface area contributed by atoms with E-state index in [1.54, 1.807) is 22.9 Å². The number of rotatable bonds is 4. The molecule has 6 heteroatoms. The maximum Gasteiger partial charge on any atom is 0.337 e. The summed E-state index contributed by atoms with van der Waals surface area (Å²) in [6, 6.07) is 8.15. The topological polar surface area (TPSA) is 84.2 Å². The number of nitrogens with one attached hydrogen (secondary N) is 1. The fourth-order valence-corrected chi connectivity index (χ4v) is 3.16. The van der Waals surface area contributed by atoms with E-state index in [-0.39, 0.29) is 11.3 Å². The van der Waals surface area contributed by atoms with Crippen molar-refractivity contribution < 1.29 is 14.7 Å². The van der Waals surface area contributed by atoms with Crippen molar-refractivity contribution >= 4 is 17.6 Å². The molecular formula is C17H19N3O3. The van der Waals surface area contributed by atoms with Crippen LogP contribution in [0.1, 0.15) is 58.1 Å². The molecule has 0 bridgehead atoms. The van der Waals surface area contributed by atoms with Gasteiger partial charge in [0.2, 0.25) is 0 Å². The van der Waals surface area contributed by atoms with Crippen molar-refractivity contribution in [1.29, 1.82) is 0 Å². The number of anilines is 1. The fraction of sp³-hybridized carbons (Fsp3) is 0.353. The molecule has 1 amide bonds. The van der Waals surface area contributed by atoms with Crippen LogP contribution in [0.3, 0.4) is 0 Å². The zero-order valence-electron chi connectivity index (χ0n) is 13.0. The van der Waals surface area contributed by atoms with Gasteiger partial charge in [-0.15, -0.1) is 0 Å². The quantitative estimate of drug-likeness (QED) is 0.908. The van der Waals surface area contributed by atoms with Crippen LogP contribution in [0.15, 0.2) is 30.3 Å². The summed E-state index contributed by atoms with van der Waals surface area (Å²) in [4.78, 5) is 23.6. The number of hydrogen-bond donors (Lipinski definition) is 2. The van der Waals surface area contributed by atoms with Crippen LogP contribution in [0.25, 0.3) is 0 Å². The standard InChI is InChI=1S/C17H19N3O3/c1-20-15(11-6-2-3-7-11)10-14(19-20)16(21)18-13-9-5-4-8-12(13)17(22)23/h4-5,8-11H,2-3,6-7H2,1H3,(H,18,21)(H,22,23). The lowest BCUT2D eigenvalue weighted by atomic mass is 10.0. The van der Waals surface area contributed by atoms with Gasteiger partial charge in [-0.25, -0.2) is 4.79 Å². The molecular weight excluding hydrogens is 294 g/mol. The van der Waals surface area contributed by atoms with Crippen LogP contribution in [-0.2, 0) is 7.05 Å². The molecule has 0 atom stereocenters. The third kappa shape index (κ3) is 3.11. The lowest BCUT2D eigenvalue weighted by Crippen LogP contribution is -2.15. The number of nitrogens with zero attached hydrogens (tertiary/aromatic N) is 2. The normalized spacial score (nSPS) is 14.8. The molecule has 120 valence electrons. The van der Waals surface area contributed by atoms with Crippen LogP contribution in [0.4, 0.5) is 5.69 Å². The van der Waals surface area contributed by atoms with E-state index in [0.29, 0.717) is 11.6 Å². The van der Waals surface area contributed by atoms with Gasteiger partial charge in [-0.05, 0) is 31.0 Å². The molecule has 23 heavy (non-hydrogen) atoms. The van der Waals surface area contributed by atoms with Crippen molar-refractivity contribution in [2.24, 2.45) is 7.05 Å². The van der Waals surface area contributed by atoms with Crippen LogP contribution < -0.4 is 5.32 Å². The Morgan fingerprint density at radius 2 is 1.96 bits per heavy atom. The highest BCUT2D eigenvalue weighted by atomic mass is 16.4. The first-order valence-corrected chi connectivity index (χ1v) is 7.74.